The summed E-state index contributed by atoms with van der Waals surface area (Å²) in [5, 5.41) is 2.94. The van der Waals surface area contributed by atoms with Crippen molar-refractivity contribution < 1.29 is 4.84 Å². The van der Waals surface area contributed by atoms with Crippen LogP contribution in [0.5, 0.6) is 0 Å². The first-order chi connectivity index (χ1) is 6.61. The monoisotopic (exact) mass is 211 g/mol. The maximum atomic E-state index is 5.84. The van der Waals surface area contributed by atoms with E-state index in [4.69, 9.17) is 16.3 Å². The average Bonchev–Trinajstić information content (AvgIpc) is 2.65. The minimum absolute atomic E-state index is 0.0781. The van der Waals surface area contributed by atoms with Crippen molar-refractivity contribution in [2.24, 2.45) is 0 Å². The van der Waals surface area contributed by atoms with Gasteiger partial charge in [-0.3, -0.25) is 0 Å². The highest BCUT2D eigenvalue weighted by molar-refractivity contribution is 7.17. The lowest BCUT2D eigenvalue weighted by atomic mass is 10.3. The highest BCUT2D eigenvalue weighted by Gasteiger charge is 2.15. The van der Waals surface area contributed by atoms with Crippen molar-refractivity contribution in [2.75, 3.05) is 11.5 Å². The number of hydrogen-bond acceptors (Lipinski definition) is 4. The third kappa shape index (κ3) is 1.21. The predicted octanol–water partition coefficient (Wildman–Crippen LogP) is 1.70. The van der Waals surface area contributed by atoms with Crippen LogP contribution in [0.2, 0.25) is 0 Å². The first kappa shape index (κ1) is 9.21. The van der Waals surface area contributed by atoms with Gasteiger partial charge in [-0.05, 0) is 25.3 Å². The van der Waals surface area contributed by atoms with Crippen LogP contribution in [0.25, 0.3) is 10.2 Å². The Hall–Kier alpha value is -1.36. The van der Waals surface area contributed by atoms with E-state index in [1.807, 2.05) is 25.3 Å². The zero-order chi connectivity index (χ0) is 10.3. The summed E-state index contributed by atoms with van der Waals surface area (Å²) in [6.07, 6.45) is 0.0781. The lowest BCUT2D eigenvalue weighted by molar-refractivity contribution is 0.0737. The number of nitrogen functional groups attached to an aromatic ring is 2. The lowest BCUT2D eigenvalue weighted by Gasteiger charge is -2.11. The zero-order valence-electron chi connectivity index (χ0n) is 8.15. The molecular weight excluding hydrogens is 198 g/mol. The summed E-state index contributed by atoms with van der Waals surface area (Å²) in [5.74, 6) is 0.487. The molecule has 0 unspecified atom stereocenters. The molecule has 0 atom stereocenters. The van der Waals surface area contributed by atoms with Crippen molar-refractivity contribution in [1.82, 2.24) is 4.73 Å². The Balaban J connectivity index is 2.61. The fourth-order valence-electron chi connectivity index (χ4n) is 1.34. The Kier molecular flexibility index (Phi) is 2.03. The minimum atomic E-state index is 0.0781. The number of thiophene rings is 1. The molecule has 0 aliphatic rings. The molecule has 4 N–H and O–H groups in total. The highest BCUT2D eigenvalue weighted by atomic mass is 32.1. The molecule has 76 valence electrons. The maximum absolute atomic E-state index is 5.84. The second kappa shape index (κ2) is 3.09. The van der Waals surface area contributed by atoms with Crippen LogP contribution in [-0.4, -0.2) is 10.8 Å². The van der Waals surface area contributed by atoms with Crippen LogP contribution in [-0.2, 0) is 0 Å². The van der Waals surface area contributed by atoms with Gasteiger partial charge in [-0.2, -0.15) is 4.73 Å². The molecule has 0 saturated carbocycles. The van der Waals surface area contributed by atoms with Gasteiger partial charge in [-0.25, -0.2) is 0 Å². The number of anilines is 2. The molecule has 0 aliphatic heterocycles. The van der Waals surface area contributed by atoms with Crippen LogP contribution in [0.3, 0.4) is 0 Å². The number of hydrogen-bond donors (Lipinski definition) is 2. The Bertz CT molecular complexity index is 458. The van der Waals surface area contributed by atoms with Crippen LogP contribution >= 0.6 is 11.3 Å². The molecule has 14 heavy (non-hydrogen) atoms. The average molecular weight is 211 g/mol. The van der Waals surface area contributed by atoms with E-state index in [2.05, 4.69) is 0 Å². The van der Waals surface area contributed by atoms with E-state index in [1.165, 1.54) is 0 Å². The molecule has 0 saturated heterocycles. The summed E-state index contributed by atoms with van der Waals surface area (Å²) in [7, 11) is 0. The molecule has 5 heteroatoms. The molecule has 0 aromatic carbocycles. The van der Waals surface area contributed by atoms with Crippen molar-refractivity contribution in [3.05, 3.63) is 11.4 Å². The molecule has 0 fully saturated rings. The number of nitrogens with two attached hydrogens (primary N) is 2. The maximum Gasteiger partial charge on any atom is 0.165 e. The fourth-order valence-corrected chi connectivity index (χ4v) is 2.21. The highest BCUT2D eigenvalue weighted by Crippen LogP contribution is 2.33. The third-order valence-electron chi connectivity index (χ3n) is 1.93. The second-order valence-corrected chi connectivity index (χ2v) is 4.28. The van der Waals surface area contributed by atoms with Gasteiger partial charge in [-0.15, -0.1) is 11.3 Å². The summed E-state index contributed by atoms with van der Waals surface area (Å²) in [4.78, 5) is 6.53. The second-order valence-electron chi connectivity index (χ2n) is 3.39. The third-order valence-corrected chi connectivity index (χ3v) is 2.81. The summed E-state index contributed by atoms with van der Waals surface area (Å²) in [6, 6.07) is 1.95. The Morgan fingerprint density at radius 2 is 2.14 bits per heavy atom. The van der Waals surface area contributed by atoms with E-state index >= 15 is 0 Å². The van der Waals surface area contributed by atoms with Crippen molar-refractivity contribution in [3.8, 4) is 0 Å². The van der Waals surface area contributed by atoms with Gasteiger partial charge in [-0.1, -0.05) is 0 Å². The summed E-state index contributed by atoms with van der Waals surface area (Å²) >= 11 is 1.57. The molecule has 0 bridgehead atoms. The molecule has 0 aliphatic carbocycles. The quantitative estimate of drug-likeness (QED) is 0.794. The molecule has 2 aromatic heterocycles. The van der Waals surface area contributed by atoms with Crippen LogP contribution in [0, 0.1) is 0 Å². The molecule has 0 spiro atoms. The first-order valence-corrected chi connectivity index (χ1v) is 5.29. The number of rotatable bonds is 2. The summed E-state index contributed by atoms with van der Waals surface area (Å²) < 4.78 is 1.61. The Morgan fingerprint density at radius 3 is 2.79 bits per heavy atom. The van der Waals surface area contributed by atoms with Crippen molar-refractivity contribution in [1.29, 1.82) is 0 Å². The molecule has 0 radical (unpaired) electrons. The van der Waals surface area contributed by atoms with Gasteiger partial charge in [0, 0.05) is 5.39 Å². The van der Waals surface area contributed by atoms with Gasteiger partial charge < -0.3 is 16.3 Å². The standard InChI is InChI=1S/C9H13N3OS/c1-5(2)13-12-8(11)7(10)6-3-4-14-9(6)12/h3-5H,10-11H2,1-2H3. The SMILES string of the molecule is CC(C)On1c(N)c(N)c2ccsc21. The number of aromatic nitrogens is 1. The normalized spacial score (nSPS) is 11.4. The van der Waals surface area contributed by atoms with E-state index in [0.717, 1.165) is 10.2 Å². The lowest BCUT2D eigenvalue weighted by Crippen LogP contribution is -2.20. The molecule has 2 aromatic rings. The van der Waals surface area contributed by atoms with Gasteiger partial charge in [0.25, 0.3) is 0 Å². The van der Waals surface area contributed by atoms with Crippen LogP contribution in [0.1, 0.15) is 13.8 Å². The van der Waals surface area contributed by atoms with Gasteiger partial charge in [0.05, 0.1) is 5.69 Å². The molecule has 2 heterocycles. The molecule has 4 nitrogen and oxygen atoms in total. The Labute approximate surface area is 86.0 Å². The van der Waals surface area contributed by atoms with Crippen LogP contribution < -0.4 is 16.3 Å². The van der Waals surface area contributed by atoms with Gasteiger partial charge in [0.2, 0.25) is 0 Å². The van der Waals surface area contributed by atoms with E-state index in [-0.39, 0.29) is 6.10 Å². The fraction of sp³-hybridized carbons (Fsp3) is 0.333. The molecule has 2 rings (SSSR count). The smallest absolute Gasteiger partial charge is 0.165 e. The summed E-state index contributed by atoms with van der Waals surface area (Å²) in [6.45, 7) is 3.91. The van der Waals surface area contributed by atoms with Crippen molar-refractivity contribution in [3.63, 3.8) is 0 Å². The molecule has 0 amide bonds. The van der Waals surface area contributed by atoms with E-state index in [1.54, 1.807) is 16.1 Å². The summed E-state index contributed by atoms with van der Waals surface area (Å²) in [5.41, 5.74) is 12.3. The van der Waals surface area contributed by atoms with Crippen LogP contribution in [0.15, 0.2) is 11.4 Å². The number of fused-ring (bicyclic) bond motifs is 1. The van der Waals surface area contributed by atoms with Gasteiger partial charge in [0.15, 0.2) is 5.82 Å². The topological polar surface area (TPSA) is 66.2 Å². The van der Waals surface area contributed by atoms with E-state index in [9.17, 15) is 0 Å². The van der Waals surface area contributed by atoms with E-state index in [0.29, 0.717) is 11.5 Å². The predicted molar refractivity (Wildman–Crippen MR) is 60.4 cm³/mol. The van der Waals surface area contributed by atoms with Gasteiger partial charge in [0.1, 0.15) is 10.9 Å². The first-order valence-electron chi connectivity index (χ1n) is 4.41. The van der Waals surface area contributed by atoms with Crippen molar-refractivity contribution in [2.45, 2.75) is 20.0 Å². The van der Waals surface area contributed by atoms with E-state index < -0.39 is 0 Å². The molecular formula is C9H13N3OS. The Morgan fingerprint density at radius 1 is 1.43 bits per heavy atom. The zero-order valence-corrected chi connectivity index (χ0v) is 8.97. The number of nitrogens with zero attached hydrogens (tertiary/aromatic N) is 1. The van der Waals surface area contributed by atoms with Crippen molar-refractivity contribution >= 4 is 33.1 Å². The van der Waals surface area contributed by atoms with Gasteiger partial charge >= 0.3 is 0 Å². The van der Waals surface area contributed by atoms with Crippen LogP contribution in [0.4, 0.5) is 11.5 Å². The minimum Gasteiger partial charge on any atom is -0.408 e. The largest absolute Gasteiger partial charge is 0.408 e.